The van der Waals surface area contributed by atoms with E-state index in [0.29, 0.717) is 24.4 Å². The van der Waals surface area contributed by atoms with E-state index in [1.807, 2.05) is 52.0 Å². The lowest BCUT2D eigenvalue weighted by atomic mass is 9.91. The van der Waals surface area contributed by atoms with E-state index in [1.54, 1.807) is 23.4 Å². The van der Waals surface area contributed by atoms with Gasteiger partial charge >= 0.3 is 0 Å². The summed E-state index contributed by atoms with van der Waals surface area (Å²) in [5.41, 5.74) is 2.66. The van der Waals surface area contributed by atoms with Crippen molar-refractivity contribution in [2.24, 2.45) is 0 Å². The minimum atomic E-state index is -2.45. The molecule has 1 aliphatic heterocycles. The fourth-order valence-electron chi connectivity index (χ4n) is 3.63. The summed E-state index contributed by atoms with van der Waals surface area (Å²) in [6.45, 7) is 8.40. The number of carbonyl (C=O) groups excluding carboxylic acids is 1. The summed E-state index contributed by atoms with van der Waals surface area (Å²) in [7, 11) is -2.45. The lowest BCUT2D eigenvalue weighted by Gasteiger charge is -2.37. The van der Waals surface area contributed by atoms with E-state index in [1.165, 1.54) is 0 Å². The van der Waals surface area contributed by atoms with Gasteiger partial charge in [-0.1, -0.05) is 12.1 Å². The number of benzene rings is 1. The van der Waals surface area contributed by atoms with Gasteiger partial charge in [0.15, 0.2) is 0 Å². The third kappa shape index (κ3) is 4.97. The molecule has 156 valence electrons. The van der Waals surface area contributed by atoms with Gasteiger partial charge in [-0.05, 0) is 57.3 Å². The molecule has 1 aromatic carbocycles. The Kier molecular flexibility index (Phi) is 5.74. The zero-order chi connectivity index (χ0) is 21.4. The quantitative estimate of drug-likeness (QED) is 0.759. The molecule has 3 rings (SSSR count). The van der Waals surface area contributed by atoms with Crippen LogP contribution in [0.4, 0.5) is 5.69 Å². The van der Waals surface area contributed by atoms with Crippen LogP contribution < -0.4 is 14.4 Å². The minimum Gasteiger partial charge on any atom is -0.471 e. The van der Waals surface area contributed by atoms with Crippen LogP contribution in [0.15, 0.2) is 36.5 Å². The minimum absolute atomic E-state index is 0.135. The molecule has 0 aliphatic carbocycles. The predicted molar refractivity (Wildman–Crippen MR) is 119 cm³/mol. The number of fused-ring (bicyclic) bond motifs is 1. The monoisotopic (exact) mass is 415 g/mol. The fourth-order valence-corrected chi connectivity index (χ4v) is 4.44. The number of anilines is 1. The van der Waals surface area contributed by atoms with Crippen LogP contribution in [0.25, 0.3) is 0 Å². The van der Waals surface area contributed by atoms with E-state index in [0.717, 1.165) is 16.8 Å². The molecular formula is C22H29N3O3S. The number of nitrogens with one attached hydrogen (secondary N) is 1. The van der Waals surface area contributed by atoms with Crippen molar-refractivity contribution >= 4 is 27.2 Å². The normalized spacial score (nSPS) is 19.6. The number of aryl methyl sites for hydroxylation is 1. The molecule has 2 atom stereocenters. The zero-order valence-electron chi connectivity index (χ0n) is 17.7. The van der Waals surface area contributed by atoms with Crippen molar-refractivity contribution in [1.82, 2.24) is 9.71 Å². The summed E-state index contributed by atoms with van der Waals surface area (Å²) in [4.78, 5) is 19.4. The maximum absolute atomic E-state index is 13.2. The maximum Gasteiger partial charge on any atom is 0.259 e. The summed E-state index contributed by atoms with van der Waals surface area (Å²) in [6.07, 6.45) is 3.70. The number of aromatic nitrogens is 1. The van der Waals surface area contributed by atoms with Crippen molar-refractivity contribution < 1.29 is 13.7 Å². The second kappa shape index (κ2) is 7.80. The lowest BCUT2D eigenvalue weighted by molar-refractivity contribution is 0.0642. The molecule has 2 aromatic rings. The van der Waals surface area contributed by atoms with Gasteiger partial charge in [0, 0.05) is 46.4 Å². The van der Waals surface area contributed by atoms with Crippen molar-refractivity contribution in [3.8, 4) is 5.88 Å². The van der Waals surface area contributed by atoms with Crippen LogP contribution in [0.5, 0.6) is 5.88 Å². The Balaban J connectivity index is 2.00. The average molecular weight is 416 g/mol. The summed E-state index contributed by atoms with van der Waals surface area (Å²) >= 11 is 0. The van der Waals surface area contributed by atoms with Gasteiger partial charge in [0.05, 0.1) is 11.6 Å². The Morgan fingerprint density at radius 2 is 2.14 bits per heavy atom. The molecular weight excluding hydrogens is 386 g/mol. The molecule has 1 aliphatic rings. The van der Waals surface area contributed by atoms with Gasteiger partial charge in [-0.3, -0.25) is 9.00 Å². The van der Waals surface area contributed by atoms with E-state index in [9.17, 15) is 9.00 Å². The molecule has 29 heavy (non-hydrogen) atoms. The van der Waals surface area contributed by atoms with Gasteiger partial charge in [0.25, 0.3) is 5.91 Å². The Labute approximate surface area is 173 Å². The molecule has 0 saturated heterocycles. The molecule has 6 nitrogen and oxygen atoms in total. The van der Waals surface area contributed by atoms with Gasteiger partial charge in [-0.15, -0.1) is 0 Å². The first-order valence-electron chi connectivity index (χ1n) is 9.66. The maximum atomic E-state index is 13.2. The molecule has 2 heterocycles. The van der Waals surface area contributed by atoms with Crippen molar-refractivity contribution in [3.05, 3.63) is 53.2 Å². The highest BCUT2D eigenvalue weighted by molar-refractivity contribution is 7.97. The second-order valence-electron chi connectivity index (χ2n) is 8.25. The fraction of sp³-hybridized carbons (Fsp3) is 0.409. The molecule has 0 radical (unpaired) electrons. The van der Waals surface area contributed by atoms with Gasteiger partial charge in [0.2, 0.25) is 5.88 Å². The summed E-state index contributed by atoms with van der Waals surface area (Å²) in [5.74, 6) is 4.03. The molecule has 7 heteroatoms. The molecule has 0 bridgehead atoms. The summed E-state index contributed by atoms with van der Waals surface area (Å²) in [6, 6.07) is 9.37. The molecule has 1 aromatic heterocycles. The van der Waals surface area contributed by atoms with Crippen LogP contribution in [-0.2, 0) is 9.71 Å². The third-order valence-electron chi connectivity index (χ3n) is 4.84. The molecule has 1 unspecified atom stereocenters. The predicted octanol–water partition coefficient (Wildman–Crippen LogP) is 3.51. The highest BCUT2D eigenvalue weighted by Crippen LogP contribution is 2.39. The molecule has 1 amide bonds. The van der Waals surface area contributed by atoms with Crippen LogP contribution in [0.1, 0.15) is 54.7 Å². The van der Waals surface area contributed by atoms with Crippen molar-refractivity contribution in [2.75, 3.05) is 17.7 Å². The van der Waals surface area contributed by atoms with Crippen LogP contribution >= 0.6 is 0 Å². The number of hydrogen-bond donors (Lipinski definition) is 1. The van der Waals surface area contributed by atoms with E-state index in [2.05, 4.69) is 15.6 Å². The number of amides is 1. The van der Waals surface area contributed by atoms with Gasteiger partial charge in [-0.2, -0.15) is 0 Å². The Hall–Kier alpha value is -2.38. The van der Waals surface area contributed by atoms with Crippen LogP contribution in [-0.4, -0.2) is 39.4 Å². The standard InChI is InChI=1S/C22H29N3O3S/c1-7-25(17-10-8-9-15(2)11-17)21(26)16-12-18-19(24-29(5,6)27)13-22(3,4)28-20(18)23-14-16/h8-12,14,19H,5,7,13H2,1-4,6H3,(H,24,27)/t19-,29?/m0/s1. The summed E-state index contributed by atoms with van der Waals surface area (Å²) < 4.78 is 21.4. The van der Waals surface area contributed by atoms with Crippen molar-refractivity contribution in [1.29, 1.82) is 0 Å². The number of hydrogen-bond acceptors (Lipinski definition) is 4. The average Bonchev–Trinajstić information content (AvgIpc) is 2.60. The van der Waals surface area contributed by atoms with E-state index in [4.69, 9.17) is 4.74 Å². The van der Waals surface area contributed by atoms with E-state index >= 15 is 0 Å². The van der Waals surface area contributed by atoms with Crippen molar-refractivity contribution in [3.63, 3.8) is 0 Å². The molecule has 0 spiro atoms. The van der Waals surface area contributed by atoms with E-state index in [-0.39, 0.29) is 11.9 Å². The highest BCUT2D eigenvalue weighted by atomic mass is 32.2. The number of pyridine rings is 1. The van der Waals surface area contributed by atoms with Gasteiger partial charge in [0.1, 0.15) is 5.60 Å². The van der Waals surface area contributed by atoms with Crippen LogP contribution in [0, 0.1) is 6.92 Å². The van der Waals surface area contributed by atoms with Crippen LogP contribution in [0.2, 0.25) is 0 Å². The smallest absolute Gasteiger partial charge is 0.259 e. The Morgan fingerprint density at radius 3 is 2.76 bits per heavy atom. The zero-order valence-corrected chi connectivity index (χ0v) is 18.5. The number of carbonyl (C=O) groups is 1. The number of nitrogens with zero attached hydrogens (tertiary/aromatic N) is 2. The van der Waals surface area contributed by atoms with Gasteiger partial charge in [-0.25, -0.2) is 9.71 Å². The van der Waals surface area contributed by atoms with Crippen molar-refractivity contribution in [2.45, 2.75) is 45.8 Å². The van der Waals surface area contributed by atoms with Crippen LogP contribution in [0.3, 0.4) is 0 Å². The topological polar surface area (TPSA) is 71.5 Å². The first-order chi connectivity index (χ1) is 13.5. The summed E-state index contributed by atoms with van der Waals surface area (Å²) in [5, 5.41) is 0. The first-order valence-corrected chi connectivity index (χ1v) is 11.8. The lowest BCUT2D eigenvalue weighted by Crippen LogP contribution is -2.41. The second-order valence-corrected chi connectivity index (χ2v) is 10.5. The first kappa shape index (κ1) is 21.3. The molecule has 0 fully saturated rings. The highest BCUT2D eigenvalue weighted by Gasteiger charge is 2.36. The SMILES string of the molecule is C=S(C)(=O)N[C@H]1CC(C)(C)Oc2ncc(C(=O)N(CC)c3cccc(C)c3)cc21. The van der Waals surface area contributed by atoms with E-state index < -0.39 is 15.3 Å². The Bertz CT molecular complexity index is 1030. The Morgan fingerprint density at radius 1 is 1.41 bits per heavy atom. The third-order valence-corrected chi connectivity index (χ3v) is 5.62. The molecule has 1 N–H and O–H groups in total. The largest absolute Gasteiger partial charge is 0.471 e. The number of rotatable bonds is 5. The van der Waals surface area contributed by atoms with Gasteiger partial charge < -0.3 is 9.64 Å². The molecule has 0 saturated carbocycles. The number of ether oxygens (including phenoxy) is 1.